The first-order valence-corrected chi connectivity index (χ1v) is 5.98. The summed E-state index contributed by atoms with van der Waals surface area (Å²) in [5, 5.41) is 19.8. The molecular weight excluding hydrogens is 232 g/mol. The number of hydrogen-bond acceptors (Lipinski definition) is 4. The Balaban J connectivity index is 1.94. The van der Waals surface area contributed by atoms with E-state index in [4.69, 9.17) is 9.47 Å². The molecule has 4 nitrogen and oxygen atoms in total. The summed E-state index contributed by atoms with van der Waals surface area (Å²) in [6.45, 7) is 4.36. The monoisotopic (exact) mass is 250 g/mol. The Bertz CT molecular complexity index is 375. The topological polar surface area (TPSA) is 62.2 Å². The molecule has 1 aliphatic rings. The summed E-state index contributed by atoms with van der Waals surface area (Å²) >= 11 is 0. The second kappa shape index (κ2) is 6.11. The van der Waals surface area contributed by atoms with Gasteiger partial charge in [0.2, 0.25) is 0 Å². The smallest absolute Gasteiger partial charge is 0.116 e. The van der Waals surface area contributed by atoms with Gasteiger partial charge < -0.3 is 19.7 Å². The van der Waals surface area contributed by atoms with E-state index < -0.39 is 18.3 Å². The summed E-state index contributed by atoms with van der Waals surface area (Å²) < 4.78 is 10.6. The predicted octanol–water partition coefficient (Wildman–Crippen LogP) is 0.878. The Hall–Kier alpha value is -1.20. The Morgan fingerprint density at radius 3 is 2.61 bits per heavy atom. The Kier molecular flexibility index (Phi) is 4.49. The number of rotatable bonds is 7. The molecule has 98 valence electrons. The molecule has 0 spiro atoms. The molecule has 2 rings (SSSR count). The summed E-state index contributed by atoms with van der Waals surface area (Å²) in [5.41, 5.74) is 0.989. The van der Waals surface area contributed by atoms with Gasteiger partial charge in [-0.05, 0) is 5.56 Å². The van der Waals surface area contributed by atoms with Crippen LogP contribution >= 0.6 is 0 Å². The first kappa shape index (κ1) is 13.2. The standard InChI is InChI=1S/C14H18O4/c1-2-11(15)14(13(16)12-9-17-12)18-8-10-6-4-3-5-7-10/h2-7,11-16H,1,8-9H2/t11-,12-,13+,14+/m1/s1. The third-order valence-electron chi connectivity index (χ3n) is 2.94. The molecule has 4 atom stereocenters. The minimum absolute atomic E-state index is 0.236. The fraction of sp³-hybridized carbons (Fsp3) is 0.429. The van der Waals surface area contributed by atoms with Crippen LogP contribution in [0.2, 0.25) is 0 Å². The maximum Gasteiger partial charge on any atom is 0.116 e. The molecule has 4 heteroatoms. The van der Waals surface area contributed by atoms with Gasteiger partial charge in [0.1, 0.15) is 24.4 Å². The molecule has 1 aromatic carbocycles. The van der Waals surface area contributed by atoms with E-state index >= 15 is 0 Å². The molecule has 2 N–H and O–H groups in total. The first-order valence-electron chi connectivity index (χ1n) is 5.98. The van der Waals surface area contributed by atoms with Crippen LogP contribution < -0.4 is 0 Å². The maximum absolute atomic E-state index is 9.97. The average Bonchev–Trinajstić information content (AvgIpc) is 3.24. The van der Waals surface area contributed by atoms with Crippen molar-refractivity contribution in [2.24, 2.45) is 0 Å². The van der Waals surface area contributed by atoms with Gasteiger partial charge in [0.05, 0.1) is 13.2 Å². The fourth-order valence-corrected chi connectivity index (χ4v) is 1.76. The third-order valence-corrected chi connectivity index (χ3v) is 2.94. The van der Waals surface area contributed by atoms with Crippen molar-refractivity contribution in [3.63, 3.8) is 0 Å². The summed E-state index contributed by atoms with van der Waals surface area (Å²) in [5.74, 6) is 0. The fourth-order valence-electron chi connectivity index (χ4n) is 1.76. The van der Waals surface area contributed by atoms with Crippen molar-refractivity contribution in [2.45, 2.75) is 31.0 Å². The zero-order valence-corrected chi connectivity index (χ0v) is 10.1. The van der Waals surface area contributed by atoms with Crippen LogP contribution in [0.5, 0.6) is 0 Å². The van der Waals surface area contributed by atoms with E-state index in [0.717, 1.165) is 5.56 Å². The van der Waals surface area contributed by atoms with Crippen molar-refractivity contribution in [3.8, 4) is 0 Å². The molecule has 1 aliphatic heterocycles. The van der Waals surface area contributed by atoms with Crippen molar-refractivity contribution >= 4 is 0 Å². The van der Waals surface area contributed by atoms with Gasteiger partial charge >= 0.3 is 0 Å². The van der Waals surface area contributed by atoms with E-state index in [0.29, 0.717) is 13.2 Å². The van der Waals surface area contributed by atoms with E-state index in [1.54, 1.807) is 0 Å². The van der Waals surface area contributed by atoms with Crippen LogP contribution in [0.4, 0.5) is 0 Å². The molecular formula is C14H18O4. The van der Waals surface area contributed by atoms with Gasteiger partial charge in [0, 0.05) is 0 Å². The van der Waals surface area contributed by atoms with Gasteiger partial charge in [-0.3, -0.25) is 0 Å². The highest BCUT2D eigenvalue weighted by atomic mass is 16.6. The molecule has 1 heterocycles. The van der Waals surface area contributed by atoms with E-state index in [2.05, 4.69) is 6.58 Å². The lowest BCUT2D eigenvalue weighted by Crippen LogP contribution is -2.41. The summed E-state index contributed by atoms with van der Waals surface area (Å²) in [7, 11) is 0. The zero-order chi connectivity index (χ0) is 13.0. The maximum atomic E-state index is 9.97. The molecule has 0 bridgehead atoms. The van der Waals surface area contributed by atoms with Gasteiger partial charge in [-0.2, -0.15) is 0 Å². The summed E-state index contributed by atoms with van der Waals surface area (Å²) in [6, 6.07) is 9.61. The molecule has 1 fully saturated rings. The lowest BCUT2D eigenvalue weighted by atomic mass is 10.1. The van der Waals surface area contributed by atoms with Gasteiger partial charge in [0.25, 0.3) is 0 Å². The minimum atomic E-state index is -0.909. The first-order chi connectivity index (χ1) is 8.72. The second-order valence-electron chi connectivity index (χ2n) is 4.35. The molecule has 0 aromatic heterocycles. The number of hydrogen-bond donors (Lipinski definition) is 2. The molecule has 0 unspecified atom stereocenters. The number of benzene rings is 1. The molecule has 1 aromatic rings. The Labute approximate surface area is 106 Å². The lowest BCUT2D eigenvalue weighted by molar-refractivity contribution is -0.0991. The number of ether oxygens (including phenoxy) is 2. The van der Waals surface area contributed by atoms with E-state index in [1.165, 1.54) is 6.08 Å². The quantitative estimate of drug-likeness (QED) is 0.557. The highest BCUT2D eigenvalue weighted by Gasteiger charge is 2.39. The lowest BCUT2D eigenvalue weighted by Gasteiger charge is -2.25. The molecule has 18 heavy (non-hydrogen) atoms. The highest BCUT2D eigenvalue weighted by Crippen LogP contribution is 2.21. The van der Waals surface area contributed by atoms with Crippen LogP contribution in [-0.4, -0.2) is 41.2 Å². The molecule has 0 aliphatic carbocycles. The van der Waals surface area contributed by atoms with Gasteiger partial charge in [0.15, 0.2) is 0 Å². The molecule has 0 radical (unpaired) electrons. The zero-order valence-electron chi connectivity index (χ0n) is 10.1. The van der Waals surface area contributed by atoms with E-state index in [-0.39, 0.29) is 6.10 Å². The Morgan fingerprint density at radius 2 is 2.06 bits per heavy atom. The molecule has 0 amide bonds. The van der Waals surface area contributed by atoms with Crippen LogP contribution in [-0.2, 0) is 16.1 Å². The van der Waals surface area contributed by atoms with Crippen LogP contribution in [0, 0.1) is 0 Å². The van der Waals surface area contributed by atoms with E-state index in [9.17, 15) is 10.2 Å². The normalized spacial score (nSPS) is 23.1. The minimum Gasteiger partial charge on any atom is -0.387 e. The third kappa shape index (κ3) is 3.40. The van der Waals surface area contributed by atoms with Gasteiger partial charge in [-0.25, -0.2) is 0 Å². The highest BCUT2D eigenvalue weighted by molar-refractivity contribution is 5.13. The summed E-state index contributed by atoms with van der Waals surface area (Å²) in [6.07, 6.45) is -1.33. The molecule has 0 saturated carbocycles. The van der Waals surface area contributed by atoms with E-state index in [1.807, 2.05) is 30.3 Å². The van der Waals surface area contributed by atoms with Gasteiger partial charge in [-0.1, -0.05) is 36.4 Å². The van der Waals surface area contributed by atoms with Crippen LogP contribution in [0.1, 0.15) is 5.56 Å². The van der Waals surface area contributed by atoms with Crippen molar-refractivity contribution in [3.05, 3.63) is 48.6 Å². The van der Waals surface area contributed by atoms with Crippen LogP contribution in [0.25, 0.3) is 0 Å². The van der Waals surface area contributed by atoms with Crippen LogP contribution in [0.15, 0.2) is 43.0 Å². The largest absolute Gasteiger partial charge is 0.387 e. The van der Waals surface area contributed by atoms with Gasteiger partial charge in [-0.15, -0.1) is 6.58 Å². The van der Waals surface area contributed by atoms with Crippen molar-refractivity contribution in [1.29, 1.82) is 0 Å². The van der Waals surface area contributed by atoms with Crippen LogP contribution in [0.3, 0.4) is 0 Å². The second-order valence-corrected chi connectivity index (χ2v) is 4.35. The number of epoxide rings is 1. The number of aliphatic hydroxyl groups is 2. The Morgan fingerprint density at radius 1 is 1.39 bits per heavy atom. The van der Waals surface area contributed by atoms with Crippen molar-refractivity contribution < 1.29 is 19.7 Å². The molecule has 1 saturated heterocycles. The average molecular weight is 250 g/mol. The SMILES string of the molecule is C=C[C@@H](O)[C@H](OCc1ccccc1)[C@@H](O)[C@H]1CO1. The van der Waals surface area contributed by atoms with Crippen molar-refractivity contribution in [1.82, 2.24) is 0 Å². The van der Waals surface area contributed by atoms with Crippen molar-refractivity contribution in [2.75, 3.05) is 6.61 Å². The summed E-state index contributed by atoms with van der Waals surface area (Å²) in [4.78, 5) is 0. The number of aliphatic hydroxyl groups excluding tert-OH is 2. The predicted molar refractivity (Wildman–Crippen MR) is 67.0 cm³/mol.